The number of rotatable bonds is 9. The van der Waals surface area contributed by atoms with E-state index < -0.39 is 0 Å². The Bertz CT molecular complexity index is 911. The molecule has 7 nitrogen and oxygen atoms in total. The van der Waals surface area contributed by atoms with Crippen LogP contribution in [0.1, 0.15) is 23.1 Å². The molecule has 0 bridgehead atoms. The second kappa shape index (κ2) is 9.26. The average Bonchev–Trinajstić information content (AvgIpc) is 3.42. The van der Waals surface area contributed by atoms with Crippen molar-refractivity contribution in [2.45, 2.75) is 32.3 Å². The molecule has 0 aromatic heterocycles. The predicted octanol–water partition coefficient (Wildman–Crippen LogP) is 3.26. The van der Waals surface area contributed by atoms with Crippen molar-refractivity contribution in [2.24, 2.45) is 5.16 Å². The third-order valence-corrected chi connectivity index (χ3v) is 5.35. The molecule has 0 saturated heterocycles. The molecule has 1 N–H and O–H groups in total. The van der Waals surface area contributed by atoms with Gasteiger partial charge < -0.3 is 29.1 Å². The Kier molecular flexibility index (Phi) is 6.28. The summed E-state index contributed by atoms with van der Waals surface area (Å²) in [6, 6.07) is 10.6. The van der Waals surface area contributed by atoms with Crippen molar-refractivity contribution in [1.29, 1.82) is 0 Å². The van der Waals surface area contributed by atoms with Gasteiger partial charge in [-0.05, 0) is 31.5 Å². The van der Waals surface area contributed by atoms with Gasteiger partial charge in [-0.2, -0.15) is 0 Å². The highest BCUT2D eigenvalue weighted by Crippen LogP contribution is 2.49. The van der Waals surface area contributed by atoms with Gasteiger partial charge in [-0.1, -0.05) is 35.0 Å². The van der Waals surface area contributed by atoms with Gasteiger partial charge in [-0.3, -0.25) is 0 Å². The maximum Gasteiger partial charge on any atom is 0.231 e. The molecule has 2 aromatic carbocycles. The van der Waals surface area contributed by atoms with Gasteiger partial charge in [0.15, 0.2) is 11.5 Å². The Balaban J connectivity index is 1.29. The molecule has 0 spiro atoms. The summed E-state index contributed by atoms with van der Waals surface area (Å²) in [6.07, 6.45) is 2.37. The van der Waals surface area contributed by atoms with E-state index in [4.69, 9.17) is 23.8 Å². The van der Waals surface area contributed by atoms with Crippen LogP contribution in [0, 0.1) is 6.92 Å². The number of hydrogen-bond acceptors (Lipinski definition) is 7. The third-order valence-electron chi connectivity index (χ3n) is 5.35. The molecule has 2 aromatic rings. The highest BCUT2D eigenvalue weighted by atomic mass is 16.7. The van der Waals surface area contributed by atoms with E-state index >= 15 is 0 Å². The van der Waals surface area contributed by atoms with E-state index in [9.17, 15) is 0 Å². The van der Waals surface area contributed by atoms with Crippen LogP contribution in [0.25, 0.3) is 0 Å². The van der Waals surface area contributed by atoms with Crippen LogP contribution in [-0.4, -0.2) is 45.9 Å². The van der Waals surface area contributed by atoms with Crippen molar-refractivity contribution in [3.63, 3.8) is 0 Å². The molecule has 2 heterocycles. The Labute approximate surface area is 176 Å². The van der Waals surface area contributed by atoms with Gasteiger partial charge in [0.05, 0.1) is 19.9 Å². The van der Waals surface area contributed by atoms with Crippen LogP contribution in [0.15, 0.2) is 35.5 Å². The highest BCUT2D eigenvalue weighted by Gasteiger charge is 2.30. The Hall–Kier alpha value is -2.93. The van der Waals surface area contributed by atoms with E-state index in [1.54, 1.807) is 14.2 Å². The second-order valence-electron chi connectivity index (χ2n) is 7.54. The van der Waals surface area contributed by atoms with Gasteiger partial charge >= 0.3 is 0 Å². The number of nitrogens with one attached hydrogen (secondary N) is 1. The molecule has 2 aliphatic rings. The van der Waals surface area contributed by atoms with Crippen LogP contribution in [0.4, 0.5) is 0 Å². The van der Waals surface area contributed by atoms with Crippen molar-refractivity contribution < 1.29 is 23.8 Å². The molecule has 1 atom stereocenters. The number of hydrogen-bond donors (Lipinski definition) is 1. The number of nitrogens with zero attached hydrogens (tertiary/aromatic N) is 1. The van der Waals surface area contributed by atoms with Crippen LogP contribution in [-0.2, 0) is 17.7 Å². The van der Waals surface area contributed by atoms with Crippen LogP contribution in [0.5, 0.6) is 23.0 Å². The molecule has 0 radical (unpaired) electrons. The molecular formula is C23H28N2O5. The monoisotopic (exact) mass is 412 g/mol. The number of oxime groups is 1. The average molecular weight is 412 g/mol. The van der Waals surface area contributed by atoms with Crippen molar-refractivity contribution in [1.82, 2.24) is 5.32 Å². The molecule has 0 saturated carbocycles. The van der Waals surface area contributed by atoms with Crippen LogP contribution >= 0.6 is 0 Å². The molecule has 7 heteroatoms. The maximum atomic E-state index is 5.67. The fourth-order valence-corrected chi connectivity index (χ4v) is 3.76. The molecule has 160 valence electrons. The Morgan fingerprint density at radius 3 is 2.67 bits per heavy atom. The topological polar surface area (TPSA) is 70.5 Å². The number of methoxy groups -OCH3 is 2. The van der Waals surface area contributed by atoms with Crippen LogP contribution in [0.2, 0.25) is 0 Å². The lowest BCUT2D eigenvalue weighted by Gasteiger charge is -2.15. The predicted molar refractivity (Wildman–Crippen MR) is 114 cm³/mol. The standard InChI is InChI=1S/C23H28N2O5/c1-15-4-6-16(7-5-15)8-9-24-13-18-12-19(30-25-18)10-17-11-20(26-2)22-23(21(17)27-3)29-14-28-22/h4-7,11,19,24H,8-10,12-14H2,1-3H3/t19-/m0/s1. The number of benzene rings is 2. The lowest BCUT2D eigenvalue weighted by molar-refractivity contribution is 0.0853. The summed E-state index contributed by atoms with van der Waals surface area (Å²) >= 11 is 0. The van der Waals surface area contributed by atoms with Gasteiger partial charge in [-0.25, -0.2) is 0 Å². The van der Waals surface area contributed by atoms with Crippen LogP contribution < -0.4 is 24.3 Å². The number of aryl methyl sites for hydroxylation is 1. The zero-order valence-electron chi connectivity index (χ0n) is 17.7. The van der Waals surface area contributed by atoms with Crippen molar-refractivity contribution in [2.75, 3.05) is 34.1 Å². The van der Waals surface area contributed by atoms with Gasteiger partial charge in [0.2, 0.25) is 18.3 Å². The van der Waals surface area contributed by atoms with Crippen molar-refractivity contribution in [3.8, 4) is 23.0 Å². The Morgan fingerprint density at radius 1 is 1.10 bits per heavy atom. The van der Waals surface area contributed by atoms with Gasteiger partial charge in [-0.15, -0.1) is 0 Å². The van der Waals surface area contributed by atoms with Gasteiger partial charge in [0.1, 0.15) is 6.10 Å². The fraction of sp³-hybridized carbons (Fsp3) is 0.435. The zero-order chi connectivity index (χ0) is 20.9. The van der Waals surface area contributed by atoms with Crippen LogP contribution in [0.3, 0.4) is 0 Å². The summed E-state index contributed by atoms with van der Waals surface area (Å²) in [5.41, 5.74) is 4.59. The van der Waals surface area contributed by atoms with E-state index in [1.807, 2.05) is 6.07 Å². The summed E-state index contributed by atoms with van der Waals surface area (Å²) in [5, 5.41) is 7.72. The molecular weight excluding hydrogens is 384 g/mol. The normalized spacial score (nSPS) is 16.9. The second-order valence-corrected chi connectivity index (χ2v) is 7.54. The zero-order valence-corrected chi connectivity index (χ0v) is 17.7. The van der Waals surface area contributed by atoms with Gasteiger partial charge in [0.25, 0.3) is 0 Å². The first kappa shape index (κ1) is 20.3. The molecule has 30 heavy (non-hydrogen) atoms. The molecule has 0 aliphatic carbocycles. The molecule has 0 unspecified atom stereocenters. The summed E-state index contributed by atoms with van der Waals surface area (Å²) in [6.45, 7) is 3.89. The minimum atomic E-state index is -0.0436. The smallest absolute Gasteiger partial charge is 0.231 e. The number of fused-ring (bicyclic) bond motifs is 1. The van der Waals surface area contributed by atoms with Gasteiger partial charge in [0, 0.05) is 24.9 Å². The molecule has 0 fully saturated rings. The molecule has 2 aliphatic heterocycles. The maximum absolute atomic E-state index is 5.67. The lowest BCUT2D eigenvalue weighted by Crippen LogP contribution is -2.25. The number of ether oxygens (including phenoxy) is 4. The SMILES string of the molecule is COc1cc(C[C@H]2CC(CNCCc3ccc(C)cc3)=NO2)c(OC)c2c1OCO2. The van der Waals surface area contributed by atoms with E-state index in [-0.39, 0.29) is 12.9 Å². The summed E-state index contributed by atoms with van der Waals surface area (Å²) in [7, 11) is 3.24. The first-order valence-electron chi connectivity index (χ1n) is 10.2. The molecule has 0 amide bonds. The first-order valence-corrected chi connectivity index (χ1v) is 10.2. The molecule has 4 rings (SSSR count). The minimum Gasteiger partial charge on any atom is -0.493 e. The van der Waals surface area contributed by atoms with Crippen molar-refractivity contribution >= 4 is 5.71 Å². The van der Waals surface area contributed by atoms with E-state index in [0.717, 1.165) is 37.2 Å². The van der Waals surface area contributed by atoms with E-state index in [1.165, 1.54) is 11.1 Å². The summed E-state index contributed by atoms with van der Waals surface area (Å²) < 4.78 is 22.1. The van der Waals surface area contributed by atoms with Crippen molar-refractivity contribution in [3.05, 3.63) is 47.0 Å². The summed E-state index contributed by atoms with van der Waals surface area (Å²) in [5.74, 6) is 2.47. The summed E-state index contributed by atoms with van der Waals surface area (Å²) in [4.78, 5) is 5.67. The minimum absolute atomic E-state index is 0.0436. The lowest BCUT2D eigenvalue weighted by atomic mass is 10.0. The quantitative estimate of drug-likeness (QED) is 0.638. The fourth-order valence-electron chi connectivity index (χ4n) is 3.76. The third kappa shape index (κ3) is 4.46. The van der Waals surface area contributed by atoms with E-state index in [2.05, 4.69) is 41.7 Å². The highest BCUT2D eigenvalue weighted by molar-refractivity contribution is 5.87. The largest absolute Gasteiger partial charge is 0.493 e. The van der Waals surface area contributed by atoms with E-state index in [0.29, 0.717) is 29.4 Å². The first-order chi connectivity index (χ1) is 14.7. The Morgan fingerprint density at radius 2 is 1.90 bits per heavy atom.